The highest BCUT2D eigenvalue weighted by Gasteiger charge is 2.73. The minimum Gasteiger partial charge on any atom is -0.490 e. The van der Waals surface area contributed by atoms with Gasteiger partial charge in [-0.1, -0.05) is 35.9 Å². The van der Waals surface area contributed by atoms with Crippen molar-refractivity contribution in [2.45, 2.75) is 26.4 Å². The van der Waals surface area contributed by atoms with Crippen molar-refractivity contribution >= 4 is 45.6 Å². The van der Waals surface area contributed by atoms with Crippen LogP contribution in [0, 0.1) is 29.1 Å². The van der Waals surface area contributed by atoms with E-state index in [2.05, 4.69) is 33.2 Å². The van der Waals surface area contributed by atoms with Crippen LogP contribution in [0.1, 0.15) is 30.9 Å². The number of amides is 2. The lowest BCUT2D eigenvalue weighted by Gasteiger charge is -2.18. The van der Waals surface area contributed by atoms with Crippen LogP contribution in [0.2, 0.25) is 5.02 Å². The summed E-state index contributed by atoms with van der Waals surface area (Å²) in [5.74, 6) is 0.621. The highest BCUT2D eigenvalue weighted by molar-refractivity contribution is 9.10. The number of halogens is 2. The summed E-state index contributed by atoms with van der Waals surface area (Å²) in [7, 11) is 0. The molecule has 1 saturated heterocycles. The molecule has 0 N–H and O–H groups in total. The van der Waals surface area contributed by atoms with Gasteiger partial charge in [-0.2, -0.15) is 10.1 Å². The molecule has 4 aliphatic rings. The maximum Gasteiger partial charge on any atom is 0.254 e. The van der Waals surface area contributed by atoms with Crippen molar-refractivity contribution in [1.82, 2.24) is 5.01 Å². The van der Waals surface area contributed by atoms with Gasteiger partial charge in [-0.3, -0.25) is 9.59 Å². The van der Waals surface area contributed by atoms with Gasteiger partial charge in [0.25, 0.3) is 11.8 Å². The SMILES string of the molecule is CCOc1cc(/C=N\N2C(=O)[C@@H]3[C@@H](C2=O)[C@H]2C=C[C@H]3C23CC3)cc(Br)c1OCc1ccc(Cl)cc1. The molecule has 1 spiro atoms. The first-order valence-electron chi connectivity index (χ1n) is 11.9. The lowest BCUT2D eigenvalue weighted by Crippen LogP contribution is -2.30. The summed E-state index contributed by atoms with van der Waals surface area (Å²) in [6.45, 7) is 2.70. The van der Waals surface area contributed by atoms with Gasteiger partial charge in [0.2, 0.25) is 0 Å². The van der Waals surface area contributed by atoms with E-state index in [9.17, 15) is 9.59 Å². The molecule has 0 unspecified atom stereocenters. The first kappa shape index (κ1) is 22.8. The predicted octanol–water partition coefficient (Wildman–Crippen LogP) is 5.61. The third kappa shape index (κ3) is 3.62. The average molecular weight is 556 g/mol. The molecule has 180 valence electrons. The Morgan fingerprint density at radius 3 is 2.34 bits per heavy atom. The normalized spacial score (nSPS) is 27.3. The van der Waals surface area contributed by atoms with E-state index in [0.29, 0.717) is 39.8 Å². The van der Waals surface area contributed by atoms with Crippen LogP contribution in [0.15, 0.2) is 58.1 Å². The van der Waals surface area contributed by atoms with Crippen molar-refractivity contribution in [2.24, 2.45) is 34.2 Å². The van der Waals surface area contributed by atoms with E-state index in [1.165, 1.54) is 6.21 Å². The number of hydrogen-bond donors (Lipinski definition) is 0. The molecule has 3 aliphatic carbocycles. The van der Waals surface area contributed by atoms with Crippen molar-refractivity contribution in [3.63, 3.8) is 0 Å². The number of rotatable bonds is 7. The van der Waals surface area contributed by atoms with E-state index in [1.54, 1.807) is 6.07 Å². The quantitative estimate of drug-likeness (QED) is 0.253. The number of allylic oxidation sites excluding steroid dienone is 2. The minimum absolute atomic E-state index is 0.175. The van der Waals surface area contributed by atoms with Crippen LogP contribution in [0.25, 0.3) is 0 Å². The largest absolute Gasteiger partial charge is 0.490 e. The number of hydrogen-bond acceptors (Lipinski definition) is 5. The zero-order chi connectivity index (χ0) is 24.3. The van der Waals surface area contributed by atoms with E-state index in [4.69, 9.17) is 21.1 Å². The molecule has 2 amide bonds. The number of imide groups is 1. The molecule has 6 rings (SSSR count). The van der Waals surface area contributed by atoms with Gasteiger partial charge in [0, 0.05) is 5.02 Å². The standard InChI is InChI=1S/C27H24BrClN2O4/c1-2-34-21-12-16(11-20(28)24(21)35-14-15-3-5-17(29)6-4-15)13-30-31-25(32)22-18-7-8-19(23(22)26(31)33)27(18)9-10-27/h3-8,11-13,18-19,22-23H,2,9-10,14H2,1H3/b30-13-/t18-,19-,22+,23+/m1/s1. The van der Waals surface area contributed by atoms with Crippen molar-refractivity contribution in [2.75, 3.05) is 6.61 Å². The minimum atomic E-state index is -0.258. The highest BCUT2D eigenvalue weighted by Crippen LogP contribution is 2.73. The van der Waals surface area contributed by atoms with Gasteiger partial charge in [-0.15, -0.1) is 0 Å². The summed E-state index contributed by atoms with van der Waals surface area (Å²) in [6.07, 6.45) is 8.09. The van der Waals surface area contributed by atoms with Gasteiger partial charge in [0.15, 0.2) is 11.5 Å². The number of carbonyl (C=O) groups is 2. The maximum atomic E-state index is 13.2. The van der Waals surface area contributed by atoms with Crippen LogP contribution in [0.3, 0.4) is 0 Å². The molecular weight excluding hydrogens is 532 g/mol. The molecule has 35 heavy (non-hydrogen) atoms. The van der Waals surface area contributed by atoms with E-state index in [0.717, 1.165) is 23.4 Å². The molecule has 6 nitrogen and oxygen atoms in total. The molecule has 2 aromatic carbocycles. The second-order valence-electron chi connectivity index (χ2n) is 9.63. The Morgan fingerprint density at radius 1 is 1.09 bits per heavy atom. The van der Waals surface area contributed by atoms with E-state index < -0.39 is 0 Å². The maximum absolute atomic E-state index is 13.2. The second kappa shape index (κ2) is 8.49. The number of carbonyl (C=O) groups excluding carboxylic acids is 2. The zero-order valence-corrected chi connectivity index (χ0v) is 21.5. The molecule has 8 heteroatoms. The first-order valence-corrected chi connectivity index (χ1v) is 13.0. The Labute approximate surface area is 217 Å². The summed E-state index contributed by atoms with van der Waals surface area (Å²) >= 11 is 9.53. The fraction of sp³-hybridized carbons (Fsp3) is 0.370. The van der Waals surface area contributed by atoms with Gasteiger partial charge in [-0.25, -0.2) is 0 Å². The lowest BCUT2D eigenvalue weighted by atomic mass is 9.85. The lowest BCUT2D eigenvalue weighted by molar-refractivity contribution is -0.141. The summed E-state index contributed by atoms with van der Waals surface area (Å²) in [5.41, 5.74) is 1.84. The van der Waals surface area contributed by atoms with E-state index in [1.807, 2.05) is 37.3 Å². The monoisotopic (exact) mass is 554 g/mol. The van der Waals surface area contributed by atoms with Crippen molar-refractivity contribution < 1.29 is 19.1 Å². The summed E-state index contributed by atoms with van der Waals surface area (Å²) in [6, 6.07) is 11.1. The molecule has 4 atom stereocenters. The van der Waals surface area contributed by atoms with Crippen LogP contribution in [0.4, 0.5) is 0 Å². The number of ether oxygens (including phenoxy) is 2. The predicted molar refractivity (Wildman–Crippen MR) is 135 cm³/mol. The Bertz CT molecular complexity index is 1240. The van der Waals surface area contributed by atoms with Gasteiger partial charge in [-0.05, 0) is 88.3 Å². The molecule has 2 aromatic rings. The fourth-order valence-corrected chi connectivity index (χ4v) is 6.80. The molecule has 1 aliphatic heterocycles. The molecule has 2 saturated carbocycles. The van der Waals surface area contributed by atoms with E-state index in [-0.39, 0.29) is 40.9 Å². The van der Waals surface area contributed by atoms with Gasteiger partial charge < -0.3 is 9.47 Å². The van der Waals surface area contributed by atoms with Crippen LogP contribution in [-0.4, -0.2) is 29.6 Å². The fourth-order valence-electron chi connectivity index (χ4n) is 6.10. The molecule has 1 heterocycles. The zero-order valence-electron chi connectivity index (χ0n) is 19.1. The average Bonchev–Trinajstić information content (AvgIpc) is 3.44. The summed E-state index contributed by atoms with van der Waals surface area (Å²) in [4.78, 5) is 26.3. The van der Waals surface area contributed by atoms with E-state index >= 15 is 0 Å². The van der Waals surface area contributed by atoms with Gasteiger partial charge >= 0.3 is 0 Å². The Balaban J connectivity index is 1.21. The Hall–Kier alpha value is -2.64. The molecule has 2 bridgehead atoms. The second-order valence-corrected chi connectivity index (χ2v) is 10.9. The van der Waals surface area contributed by atoms with Crippen LogP contribution >= 0.6 is 27.5 Å². The number of benzene rings is 2. The highest BCUT2D eigenvalue weighted by atomic mass is 79.9. The third-order valence-corrected chi connectivity index (χ3v) is 8.62. The van der Waals surface area contributed by atoms with Crippen molar-refractivity contribution in [3.05, 3.63) is 69.2 Å². The number of fused-ring (bicyclic) bond motifs is 3. The van der Waals surface area contributed by atoms with Crippen LogP contribution in [-0.2, 0) is 16.2 Å². The summed E-state index contributed by atoms with van der Waals surface area (Å²) < 4.78 is 12.5. The number of nitrogens with zero attached hydrogens (tertiary/aromatic N) is 2. The van der Waals surface area contributed by atoms with Gasteiger partial charge in [0.1, 0.15) is 6.61 Å². The molecule has 3 fully saturated rings. The van der Waals surface area contributed by atoms with Crippen LogP contribution in [0.5, 0.6) is 11.5 Å². The third-order valence-electron chi connectivity index (χ3n) is 7.78. The Morgan fingerprint density at radius 2 is 1.74 bits per heavy atom. The molecular formula is C27H24BrClN2O4. The topological polar surface area (TPSA) is 68.2 Å². The van der Waals surface area contributed by atoms with Crippen molar-refractivity contribution in [3.8, 4) is 11.5 Å². The molecule has 0 aromatic heterocycles. The first-order chi connectivity index (χ1) is 16.9. The van der Waals surface area contributed by atoms with Crippen molar-refractivity contribution in [1.29, 1.82) is 0 Å². The smallest absolute Gasteiger partial charge is 0.254 e. The molecule has 0 radical (unpaired) electrons. The van der Waals surface area contributed by atoms with Gasteiger partial charge in [0.05, 0.1) is 29.1 Å². The Kier molecular flexibility index (Phi) is 5.53. The number of hydrazone groups is 1. The van der Waals surface area contributed by atoms with Crippen LogP contribution < -0.4 is 9.47 Å². The summed E-state index contributed by atoms with van der Waals surface area (Å²) in [5, 5.41) is 6.08.